The van der Waals surface area contributed by atoms with Gasteiger partial charge in [0.1, 0.15) is 17.3 Å². The summed E-state index contributed by atoms with van der Waals surface area (Å²) in [6.45, 7) is -0.0927. The number of hydrogen-bond donors (Lipinski definition) is 3. The number of pyridine rings is 1. The van der Waals surface area contributed by atoms with E-state index in [1.54, 1.807) is 6.07 Å². The highest BCUT2D eigenvalue weighted by atomic mass is 19.4. The molecule has 3 N–H and O–H groups in total. The van der Waals surface area contributed by atoms with Crippen LogP contribution in [0.15, 0.2) is 47.9 Å². The van der Waals surface area contributed by atoms with Crippen molar-refractivity contribution < 1.29 is 37.7 Å². The highest BCUT2D eigenvalue weighted by molar-refractivity contribution is 6.12. The van der Waals surface area contributed by atoms with Crippen molar-refractivity contribution in [1.82, 2.24) is 4.98 Å². The molecule has 2 bridgehead atoms. The van der Waals surface area contributed by atoms with Crippen LogP contribution in [0.2, 0.25) is 0 Å². The number of piperidine rings is 1. The quantitative estimate of drug-likeness (QED) is 0.224. The van der Waals surface area contributed by atoms with Gasteiger partial charge < -0.3 is 24.6 Å². The van der Waals surface area contributed by atoms with Gasteiger partial charge in [-0.25, -0.2) is 9.78 Å². The largest absolute Gasteiger partial charge is 0.573 e. The minimum atomic E-state index is -4.91. The lowest BCUT2D eigenvalue weighted by molar-refractivity contribution is -0.274. The maximum Gasteiger partial charge on any atom is 0.573 e. The molecule has 1 aromatic heterocycles. The van der Waals surface area contributed by atoms with E-state index < -0.39 is 18.1 Å². The number of nitrogens with zero attached hydrogens (tertiary/aromatic N) is 2. The Morgan fingerprint density at radius 1 is 1.05 bits per heavy atom. The third-order valence-corrected chi connectivity index (χ3v) is 8.51. The van der Waals surface area contributed by atoms with Crippen LogP contribution < -0.4 is 9.64 Å². The predicted molar refractivity (Wildman–Crippen MR) is 144 cm³/mol. The molecule has 2 saturated carbocycles. The summed E-state index contributed by atoms with van der Waals surface area (Å²) in [5.41, 5.74) is 1.07. The van der Waals surface area contributed by atoms with Crippen LogP contribution in [0, 0.1) is 11.3 Å². The normalized spacial score (nSPS) is 24.7. The topological polar surface area (TPSA) is 116 Å². The van der Waals surface area contributed by atoms with Crippen molar-refractivity contribution in [3.8, 4) is 5.75 Å². The highest BCUT2D eigenvalue weighted by Gasteiger charge is 2.44. The molecule has 3 heterocycles. The first-order chi connectivity index (χ1) is 19.6. The second-order valence-corrected chi connectivity index (χ2v) is 11.5. The monoisotopic (exact) mass is 571 g/mol. The van der Waals surface area contributed by atoms with E-state index in [0.717, 1.165) is 56.0 Å². The summed E-state index contributed by atoms with van der Waals surface area (Å²) in [5, 5.41) is 29.1. The molecule has 2 aliphatic heterocycles. The molecule has 2 aliphatic carbocycles. The van der Waals surface area contributed by atoms with Crippen molar-refractivity contribution >= 4 is 17.5 Å². The average Bonchev–Trinajstić information content (AvgIpc) is 3.85. The molecule has 3 atom stereocenters. The number of aliphatic hydroxyl groups excluding tert-OH is 1. The zero-order valence-electron chi connectivity index (χ0n) is 22.4. The first-order valence-electron chi connectivity index (χ1n) is 14.1. The molecule has 41 heavy (non-hydrogen) atoms. The lowest BCUT2D eigenvalue weighted by Gasteiger charge is -2.40. The summed E-state index contributed by atoms with van der Waals surface area (Å²) in [7, 11) is 0. The van der Waals surface area contributed by atoms with Crippen LogP contribution in [-0.4, -0.2) is 58.0 Å². The lowest BCUT2D eigenvalue weighted by atomic mass is 9.97. The van der Waals surface area contributed by atoms with Crippen LogP contribution in [0.25, 0.3) is 0 Å². The molecule has 1 aromatic carbocycles. The number of allylic oxidation sites excluding steroid dienone is 1. The van der Waals surface area contributed by atoms with Gasteiger partial charge in [0.25, 0.3) is 0 Å². The number of para-hydroxylation sites is 1. The Morgan fingerprint density at radius 2 is 1.73 bits per heavy atom. The van der Waals surface area contributed by atoms with E-state index in [9.17, 15) is 28.2 Å². The van der Waals surface area contributed by atoms with Crippen LogP contribution in [0.1, 0.15) is 78.8 Å². The molecule has 0 spiro atoms. The number of nitrogens with one attached hydrogen (secondary N) is 1. The fourth-order valence-electron chi connectivity index (χ4n) is 6.24. The Bertz CT molecular complexity index is 1370. The van der Waals surface area contributed by atoms with Gasteiger partial charge in [0.2, 0.25) is 0 Å². The summed E-state index contributed by atoms with van der Waals surface area (Å²) in [4.78, 5) is 18.5. The number of carboxylic acids is 1. The summed E-state index contributed by atoms with van der Waals surface area (Å²) in [6.07, 6.45) is 3.19. The number of alkyl halides is 3. The summed E-state index contributed by atoms with van der Waals surface area (Å²) < 4.78 is 49.5. The number of hydrogen-bond acceptors (Lipinski definition) is 7. The fraction of sp³-hybridized carbons (Fsp3) is 0.500. The van der Waals surface area contributed by atoms with E-state index in [4.69, 9.17) is 10.1 Å². The SMILES string of the molecule is N=C(/C(COC1CC2CC[C@@H](C1)N2c1ncc(C(=O)O)cc1C1CC1)=C(\O)C1CC1)c1ccccc1OC(F)(F)F. The number of aliphatic hydroxyl groups is 1. The van der Waals surface area contributed by atoms with Crippen molar-refractivity contribution in [2.24, 2.45) is 5.92 Å². The van der Waals surface area contributed by atoms with Gasteiger partial charge in [0.15, 0.2) is 0 Å². The number of fused-ring (bicyclic) bond motifs is 2. The van der Waals surface area contributed by atoms with Crippen LogP contribution in [0.5, 0.6) is 5.75 Å². The van der Waals surface area contributed by atoms with E-state index >= 15 is 0 Å². The van der Waals surface area contributed by atoms with Crippen LogP contribution in [0.3, 0.4) is 0 Å². The number of ether oxygens (including phenoxy) is 2. The first kappa shape index (κ1) is 27.6. The molecule has 0 amide bonds. The molecule has 6 rings (SSSR count). The van der Waals surface area contributed by atoms with Gasteiger partial charge in [0, 0.05) is 35.3 Å². The number of anilines is 1. The van der Waals surface area contributed by atoms with Gasteiger partial charge in [-0.1, -0.05) is 12.1 Å². The molecule has 4 fully saturated rings. The fourth-order valence-corrected chi connectivity index (χ4v) is 6.24. The third-order valence-electron chi connectivity index (χ3n) is 8.51. The highest BCUT2D eigenvalue weighted by Crippen LogP contribution is 2.48. The molecule has 218 valence electrons. The number of benzene rings is 1. The lowest BCUT2D eigenvalue weighted by Crippen LogP contribution is -2.46. The van der Waals surface area contributed by atoms with Crippen LogP contribution >= 0.6 is 0 Å². The van der Waals surface area contributed by atoms with Gasteiger partial charge in [-0.3, -0.25) is 5.41 Å². The average molecular weight is 572 g/mol. The van der Waals surface area contributed by atoms with Crippen molar-refractivity contribution in [2.75, 3.05) is 11.5 Å². The number of aromatic nitrogens is 1. The Morgan fingerprint density at radius 3 is 2.34 bits per heavy atom. The number of carbonyl (C=O) groups is 1. The maximum atomic E-state index is 13.0. The van der Waals surface area contributed by atoms with E-state index in [1.165, 1.54) is 24.4 Å². The molecule has 2 unspecified atom stereocenters. The van der Waals surface area contributed by atoms with Crippen molar-refractivity contribution in [2.45, 2.75) is 81.8 Å². The second kappa shape index (κ2) is 10.7. The summed E-state index contributed by atoms with van der Waals surface area (Å²) in [6, 6.07) is 7.54. The van der Waals surface area contributed by atoms with Crippen molar-refractivity contribution in [1.29, 1.82) is 5.41 Å². The molecular weight excluding hydrogens is 539 g/mol. The van der Waals surface area contributed by atoms with Gasteiger partial charge >= 0.3 is 12.3 Å². The Labute approximate surface area is 235 Å². The minimum absolute atomic E-state index is 0.00554. The van der Waals surface area contributed by atoms with Crippen molar-refractivity contribution in [3.63, 3.8) is 0 Å². The zero-order valence-corrected chi connectivity index (χ0v) is 22.4. The summed E-state index contributed by atoms with van der Waals surface area (Å²) in [5.74, 6) is -0.419. The van der Waals surface area contributed by atoms with Gasteiger partial charge in [-0.15, -0.1) is 13.2 Å². The van der Waals surface area contributed by atoms with Crippen LogP contribution in [0.4, 0.5) is 19.0 Å². The molecular formula is C30H32F3N3O5. The van der Waals surface area contributed by atoms with Gasteiger partial charge in [0.05, 0.1) is 24.0 Å². The molecule has 8 nitrogen and oxygen atoms in total. The van der Waals surface area contributed by atoms with E-state index in [2.05, 4.69) is 14.6 Å². The minimum Gasteiger partial charge on any atom is -0.512 e. The predicted octanol–water partition coefficient (Wildman–Crippen LogP) is 6.36. The first-order valence-corrected chi connectivity index (χ1v) is 14.1. The van der Waals surface area contributed by atoms with E-state index in [1.807, 2.05) is 0 Å². The molecule has 4 aliphatic rings. The Balaban J connectivity index is 1.18. The zero-order chi connectivity index (χ0) is 28.9. The molecule has 2 aromatic rings. The molecule has 11 heteroatoms. The third kappa shape index (κ3) is 5.91. The van der Waals surface area contributed by atoms with Gasteiger partial charge in [-0.2, -0.15) is 0 Å². The van der Waals surface area contributed by atoms with Crippen LogP contribution in [-0.2, 0) is 4.74 Å². The number of halogens is 3. The smallest absolute Gasteiger partial charge is 0.512 e. The number of rotatable bonds is 10. The molecule has 2 saturated heterocycles. The summed E-state index contributed by atoms with van der Waals surface area (Å²) >= 11 is 0. The standard InChI is InChI=1S/C30H32F3N3O5/c31-30(32,33)41-25-4-2-1-3-22(25)26(34)24(27(37)17-7-8-17)15-40-21-12-19-9-10-20(13-21)36(19)28-23(16-5-6-16)11-18(14-35-28)29(38)39/h1-4,11,14,16-17,19-21,34,37H,5-10,12-13,15H2,(H,38,39)/b27-24-,34-26?/t19-,20?,21?/m0/s1. The molecule has 0 radical (unpaired) electrons. The Hall–Kier alpha value is -3.60. The number of aromatic carboxylic acids is 1. The number of carboxylic acid groups (broad SMARTS) is 1. The second-order valence-electron chi connectivity index (χ2n) is 11.5. The van der Waals surface area contributed by atoms with Gasteiger partial charge in [-0.05, 0) is 81.0 Å². The van der Waals surface area contributed by atoms with E-state index in [0.29, 0.717) is 18.8 Å². The van der Waals surface area contributed by atoms with E-state index in [-0.39, 0.29) is 58.9 Å². The Kier molecular flexibility index (Phi) is 7.17. The maximum absolute atomic E-state index is 13.0. The van der Waals surface area contributed by atoms with Crippen molar-refractivity contribution in [3.05, 3.63) is 64.6 Å².